The lowest BCUT2D eigenvalue weighted by atomic mass is 9.74. The van der Waals surface area contributed by atoms with Crippen LogP contribution in [-0.4, -0.2) is 49.2 Å². The van der Waals surface area contributed by atoms with Crippen molar-refractivity contribution in [2.45, 2.75) is 58.6 Å². The van der Waals surface area contributed by atoms with Crippen molar-refractivity contribution in [3.63, 3.8) is 0 Å². The Morgan fingerprint density at radius 2 is 2.05 bits per heavy atom. The normalized spacial score (nSPS) is 31.2. The molecule has 19 heavy (non-hydrogen) atoms. The number of morpholine rings is 1. The summed E-state index contributed by atoms with van der Waals surface area (Å²) in [5.74, 6) is 0.374. The fraction of sp³-hybridized carbons (Fsp3) is 0.933. The maximum atomic E-state index is 13.1. The highest BCUT2D eigenvalue weighted by Crippen LogP contribution is 2.37. The Hall–Kier alpha value is -0.610. The van der Waals surface area contributed by atoms with E-state index in [1.54, 1.807) is 0 Å². The van der Waals surface area contributed by atoms with Gasteiger partial charge in [-0.3, -0.25) is 4.79 Å². The van der Waals surface area contributed by atoms with Crippen molar-refractivity contribution in [2.24, 2.45) is 5.41 Å². The molecule has 0 radical (unpaired) electrons. The van der Waals surface area contributed by atoms with Gasteiger partial charge in [0, 0.05) is 6.54 Å². The Bertz CT molecular complexity index is 308. The summed E-state index contributed by atoms with van der Waals surface area (Å²) in [6, 6.07) is 0.215. The standard InChI is InChI=1S/C15H28N2O2/c1-4-5-15(6-8-16-9-7-15)14(18)17-10-13(3)19-11-12(17)2/h12-13,16H,4-11H2,1-3H3. The number of nitrogens with one attached hydrogen (secondary N) is 1. The summed E-state index contributed by atoms with van der Waals surface area (Å²) >= 11 is 0. The number of ether oxygens (including phenoxy) is 1. The molecule has 0 aliphatic carbocycles. The van der Waals surface area contributed by atoms with Gasteiger partial charge in [-0.1, -0.05) is 13.3 Å². The molecule has 1 amide bonds. The van der Waals surface area contributed by atoms with Crippen LogP contribution in [0.4, 0.5) is 0 Å². The molecular formula is C15H28N2O2. The number of nitrogens with zero attached hydrogens (tertiary/aromatic N) is 1. The number of hydrogen-bond donors (Lipinski definition) is 1. The number of amides is 1. The zero-order chi connectivity index (χ0) is 13.9. The molecule has 2 fully saturated rings. The highest BCUT2D eigenvalue weighted by atomic mass is 16.5. The van der Waals surface area contributed by atoms with Crippen molar-refractivity contribution in [3.8, 4) is 0 Å². The van der Waals surface area contributed by atoms with Gasteiger partial charge in [0.25, 0.3) is 0 Å². The fourth-order valence-corrected chi connectivity index (χ4v) is 3.45. The van der Waals surface area contributed by atoms with Crippen molar-refractivity contribution in [2.75, 3.05) is 26.2 Å². The van der Waals surface area contributed by atoms with Crippen LogP contribution in [0.2, 0.25) is 0 Å². The van der Waals surface area contributed by atoms with Gasteiger partial charge in [-0.05, 0) is 46.2 Å². The molecule has 2 saturated heterocycles. The van der Waals surface area contributed by atoms with Gasteiger partial charge in [-0.15, -0.1) is 0 Å². The Balaban J connectivity index is 2.13. The molecule has 2 aliphatic heterocycles. The lowest BCUT2D eigenvalue weighted by Crippen LogP contribution is -2.57. The van der Waals surface area contributed by atoms with Crippen LogP contribution in [-0.2, 0) is 9.53 Å². The number of carbonyl (C=O) groups excluding carboxylic acids is 1. The molecular weight excluding hydrogens is 240 g/mol. The summed E-state index contributed by atoms with van der Waals surface area (Å²) in [4.78, 5) is 15.1. The van der Waals surface area contributed by atoms with Crippen molar-refractivity contribution >= 4 is 5.91 Å². The maximum Gasteiger partial charge on any atom is 0.229 e. The molecule has 4 heteroatoms. The average Bonchev–Trinajstić information content (AvgIpc) is 2.42. The molecule has 2 unspecified atom stereocenters. The van der Waals surface area contributed by atoms with Gasteiger partial charge in [-0.25, -0.2) is 0 Å². The summed E-state index contributed by atoms with van der Waals surface area (Å²) in [5, 5.41) is 3.38. The summed E-state index contributed by atoms with van der Waals surface area (Å²) in [7, 11) is 0. The van der Waals surface area contributed by atoms with E-state index < -0.39 is 0 Å². The summed E-state index contributed by atoms with van der Waals surface area (Å²) in [6.07, 6.45) is 4.24. The Kier molecular flexibility index (Phi) is 4.85. The van der Waals surface area contributed by atoms with Crippen LogP contribution in [0.3, 0.4) is 0 Å². The third kappa shape index (κ3) is 3.11. The topological polar surface area (TPSA) is 41.6 Å². The summed E-state index contributed by atoms with van der Waals surface area (Å²) in [5.41, 5.74) is -0.120. The van der Waals surface area contributed by atoms with E-state index in [4.69, 9.17) is 4.74 Å². The first-order chi connectivity index (χ1) is 9.09. The molecule has 4 nitrogen and oxygen atoms in total. The van der Waals surface area contributed by atoms with Gasteiger partial charge in [0.1, 0.15) is 0 Å². The van der Waals surface area contributed by atoms with E-state index >= 15 is 0 Å². The van der Waals surface area contributed by atoms with Gasteiger partial charge >= 0.3 is 0 Å². The van der Waals surface area contributed by atoms with Gasteiger partial charge in [0.15, 0.2) is 0 Å². The first-order valence-corrected chi connectivity index (χ1v) is 7.72. The molecule has 1 N–H and O–H groups in total. The molecule has 0 aromatic heterocycles. The molecule has 0 spiro atoms. The zero-order valence-corrected chi connectivity index (χ0v) is 12.6. The van der Waals surface area contributed by atoms with E-state index in [9.17, 15) is 4.79 Å². The highest BCUT2D eigenvalue weighted by Gasteiger charge is 2.43. The number of hydrogen-bond acceptors (Lipinski definition) is 3. The first kappa shape index (κ1) is 14.8. The van der Waals surface area contributed by atoms with E-state index in [1.165, 1.54) is 0 Å². The van der Waals surface area contributed by atoms with Gasteiger partial charge in [0.2, 0.25) is 5.91 Å². The SMILES string of the molecule is CCCC1(C(=O)N2CC(C)OCC2C)CCNCC1. The van der Waals surface area contributed by atoms with E-state index in [0.717, 1.165) is 45.3 Å². The van der Waals surface area contributed by atoms with E-state index in [1.807, 2.05) is 0 Å². The molecule has 2 atom stereocenters. The van der Waals surface area contributed by atoms with Crippen LogP contribution >= 0.6 is 0 Å². The minimum atomic E-state index is -0.120. The molecule has 0 bridgehead atoms. The van der Waals surface area contributed by atoms with E-state index in [2.05, 4.69) is 31.0 Å². The largest absolute Gasteiger partial charge is 0.375 e. The van der Waals surface area contributed by atoms with Crippen LogP contribution in [0.15, 0.2) is 0 Å². The molecule has 0 aromatic carbocycles. The summed E-state index contributed by atoms with van der Waals surface area (Å²) < 4.78 is 5.64. The quantitative estimate of drug-likeness (QED) is 0.848. The maximum absolute atomic E-state index is 13.1. The number of piperidine rings is 1. The molecule has 2 heterocycles. The molecule has 0 aromatic rings. The highest BCUT2D eigenvalue weighted by molar-refractivity contribution is 5.83. The second-order valence-electron chi connectivity index (χ2n) is 6.23. The number of rotatable bonds is 3. The fourth-order valence-electron chi connectivity index (χ4n) is 3.45. The smallest absolute Gasteiger partial charge is 0.229 e. The molecule has 110 valence electrons. The average molecular weight is 268 g/mol. The van der Waals surface area contributed by atoms with Gasteiger partial charge in [-0.2, -0.15) is 0 Å². The monoisotopic (exact) mass is 268 g/mol. The minimum absolute atomic E-state index is 0.120. The van der Waals surface area contributed by atoms with Crippen molar-refractivity contribution in [1.29, 1.82) is 0 Å². The Morgan fingerprint density at radius 3 is 2.68 bits per heavy atom. The van der Waals surface area contributed by atoms with Crippen LogP contribution in [0, 0.1) is 5.41 Å². The molecule has 0 saturated carbocycles. The second kappa shape index (κ2) is 6.23. The van der Waals surface area contributed by atoms with Crippen molar-refractivity contribution in [3.05, 3.63) is 0 Å². The molecule has 2 rings (SSSR count). The zero-order valence-electron chi connectivity index (χ0n) is 12.6. The van der Waals surface area contributed by atoms with Crippen LogP contribution < -0.4 is 5.32 Å². The van der Waals surface area contributed by atoms with Gasteiger partial charge in [0.05, 0.1) is 24.2 Å². The van der Waals surface area contributed by atoms with Crippen LogP contribution in [0.25, 0.3) is 0 Å². The van der Waals surface area contributed by atoms with Crippen LogP contribution in [0.5, 0.6) is 0 Å². The predicted molar refractivity (Wildman–Crippen MR) is 76.0 cm³/mol. The Labute approximate surface area is 116 Å². The Morgan fingerprint density at radius 1 is 1.37 bits per heavy atom. The minimum Gasteiger partial charge on any atom is -0.375 e. The third-order valence-corrected chi connectivity index (χ3v) is 4.61. The summed E-state index contributed by atoms with van der Waals surface area (Å²) in [6.45, 7) is 9.71. The van der Waals surface area contributed by atoms with E-state index in [-0.39, 0.29) is 17.6 Å². The van der Waals surface area contributed by atoms with Gasteiger partial charge < -0.3 is 15.0 Å². The predicted octanol–water partition coefficient (Wildman–Crippen LogP) is 1.79. The third-order valence-electron chi connectivity index (χ3n) is 4.61. The first-order valence-electron chi connectivity index (χ1n) is 7.72. The lowest BCUT2D eigenvalue weighted by Gasteiger charge is -2.45. The molecule has 2 aliphatic rings. The van der Waals surface area contributed by atoms with E-state index in [0.29, 0.717) is 12.5 Å². The van der Waals surface area contributed by atoms with Crippen molar-refractivity contribution < 1.29 is 9.53 Å². The second-order valence-corrected chi connectivity index (χ2v) is 6.23. The van der Waals surface area contributed by atoms with Crippen molar-refractivity contribution in [1.82, 2.24) is 10.2 Å². The van der Waals surface area contributed by atoms with Crippen LogP contribution in [0.1, 0.15) is 46.5 Å². The lowest BCUT2D eigenvalue weighted by molar-refractivity contribution is -0.156. The number of carbonyl (C=O) groups is 1.